The Morgan fingerprint density at radius 1 is 1.53 bits per heavy atom. The lowest BCUT2D eigenvalue weighted by atomic mass is 10.2. The maximum absolute atomic E-state index is 5.12. The second-order valence-electron chi connectivity index (χ2n) is 3.92. The summed E-state index contributed by atoms with van der Waals surface area (Å²) in [5.41, 5.74) is 1.11. The van der Waals surface area contributed by atoms with Gasteiger partial charge in [-0.05, 0) is 31.5 Å². The normalized spacial score (nSPS) is 22.1. The molecule has 1 aliphatic rings. The SMILES string of the molecule is NOCC1CCCN1Cc1ccccn1. The van der Waals surface area contributed by atoms with Crippen LogP contribution in [0.5, 0.6) is 0 Å². The van der Waals surface area contributed by atoms with E-state index in [-0.39, 0.29) is 0 Å². The molecular weight excluding hydrogens is 190 g/mol. The summed E-state index contributed by atoms with van der Waals surface area (Å²) in [5.74, 6) is 5.12. The summed E-state index contributed by atoms with van der Waals surface area (Å²) >= 11 is 0. The predicted octanol–water partition coefficient (Wildman–Crippen LogP) is 0.936. The molecule has 15 heavy (non-hydrogen) atoms. The molecule has 1 aliphatic heterocycles. The Hall–Kier alpha value is -0.970. The minimum absolute atomic E-state index is 0.456. The number of hydrogen-bond donors (Lipinski definition) is 1. The molecule has 1 aromatic heterocycles. The molecule has 0 saturated carbocycles. The number of likely N-dealkylation sites (tertiary alicyclic amines) is 1. The highest BCUT2D eigenvalue weighted by atomic mass is 16.6. The highest BCUT2D eigenvalue weighted by Gasteiger charge is 2.24. The van der Waals surface area contributed by atoms with Crippen molar-refractivity contribution in [2.24, 2.45) is 5.90 Å². The maximum Gasteiger partial charge on any atom is 0.0834 e. The van der Waals surface area contributed by atoms with Gasteiger partial charge in [0.25, 0.3) is 0 Å². The maximum atomic E-state index is 5.12. The van der Waals surface area contributed by atoms with Crippen molar-refractivity contribution in [3.8, 4) is 0 Å². The van der Waals surface area contributed by atoms with E-state index in [1.165, 1.54) is 12.8 Å². The molecule has 0 radical (unpaired) electrons. The Morgan fingerprint density at radius 2 is 2.47 bits per heavy atom. The lowest BCUT2D eigenvalue weighted by molar-refractivity contribution is 0.0746. The number of nitrogens with zero attached hydrogens (tertiary/aromatic N) is 2. The van der Waals surface area contributed by atoms with Crippen LogP contribution in [0, 0.1) is 0 Å². The van der Waals surface area contributed by atoms with Gasteiger partial charge < -0.3 is 4.84 Å². The van der Waals surface area contributed by atoms with Gasteiger partial charge in [0.05, 0.1) is 12.3 Å². The average Bonchev–Trinajstić information content (AvgIpc) is 2.68. The topological polar surface area (TPSA) is 51.4 Å². The van der Waals surface area contributed by atoms with Gasteiger partial charge in [-0.2, -0.15) is 0 Å². The number of hydrogen-bond acceptors (Lipinski definition) is 4. The molecule has 0 aromatic carbocycles. The third-order valence-electron chi connectivity index (χ3n) is 2.88. The molecule has 2 N–H and O–H groups in total. The molecule has 1 aromatic rings. The zero-order chi connectivity index (χ0) is 10.5. The van der Waals surface area contributed by atoms with Gasteiger partial charge in [0.15, 0.2) is 0 Å². The standard InChI is InChI=1S/C11H17N3O/c12-15-9-11-5-3-7-14(11)8-10-4-1-2-6-13-10/h1-2,4,6,11H,3,5,7-9,12H2. The molecule has 2 heterocycles. The second-order valence-corrected chi connectivity index (χ2v) is 3.92. The second kappa shape index (κ2) is 5.21. The largest absolute Gasteiger partial charge is 0.303 e. The van der Waals surface area contributed by atoms with Crippen LogP contribution in [-0.2, 0) is 11.4 Å². The quantitative estimate of drug-likeness (QED) is 0.746. The Labute approximate surface area is 90.0 Å². The zero-order valence-electron chi connectivity index (χ0n) is 8.80. The van der Waals surface area contributed by atoms with E-state index in [1.54, 1.807) is 0 Å². The summed E-state index contributed by atoms with van der Waals surface area (Å²) in [7, 11) is 0. The fourth-order valence-corrected chi connectivity index (χ4v) is 2.10. The van der Waals surface area contributed by atoms with Crippen molar-refractivity contribution in [2.75, 3.05) is 13.2 Å². The summed E-state index contributed by atoms with van der Waals surface area (Å²) in [6, 6.07) is 6.47. The lowest BCUT2D eigenvalue weighted by Crippen LogP contribution is -2.33. The Morgan fingerprint density at radius 3 is 3.20 bits per heavy atom. The molecular formula is C11H17N3O. The summed E-state index contributed by atoms with van der Waals surface area (Å²) in [6.45, 7) is 2.63. The van der Waals surface area contributed by atoms with E-state index in [0.29, 0.717) is 12.6 Å². The van der Waals surface area contributed by atoms with Crippen LogP contribution in [0.25, 0.3) is 0 Å². The molecule has 4 nitrogen and oxygen atoms in total. The van der Waals surface area contributed by atoms with Crippen molar-refractivity contribution >= 4 is 0 Å². The van der Waals surface area contributed by atoms with Crippen LogP contribution in [0.1, 0.15) is 18.5 Å². The Bertz CT molecular complexity index is 291. The summed E-state index contributed by atoms with van der Waals surface area (Å²) in [4.78, 5) is 11.4. The minimum atomic E-state index is 0.456. The monoisotopic (exact) mass is 207 g/mol. The number of pyridine rings is 1. The van der Waals surface area contributed by atoms with Crippen molar-refractivity contribution in [1.29, 1.82) is 0 Å². The molecule has 0 aliphatic carbocycles. The van der Waals surface area contributed by atoms with Crippen LogP contribution >= 0.6 is 0 Å². The van der Waals surface area contributed by atoms with Crippen LogP contribution < -0.4 is 5.90 Å². The highest BCUT2D eigenvalue weighted by Crippen LogP contribution is 2.19. The first-order valence-electron chi connectivity index (χ1n) is 5.36. The van der Waals surface area contributed by atoms with Crippen LogP contribution in [0.4, 0.5) is 0 Å². The molecule has 1 unspecified atom stereocenters. The van der Waals surface area contributed by atoms with E-state index >= 15 is 0 Å². The summed E-state index contributed by atoms with van der Waals surface area (Å²) < 4.78 is 0. The first-order valence-corrected chi connectivity index (χ1v) is 5.36. The molecule has 1 atom stereocenters. The van der Waals surface area contributed by atoms with Crippen molar-refractivity contribution < 1.29 is 4.84 Å². The van der Waals surface area contributed by atoms with Gasteiger partial charge in [0, 0.05) is 18.8 Å². The van der Waals surface area contributed by atoms with E-state index in [9.17, 15) is 0 Å². The van der Waals surface area contributed by atoms with Crippen molar-refractivity contribution in [1.82, 2.24) is 9.88 Å². The zero-order valence-corrected chi connectivity index (χ0v) is 8.80. The fourth-order valence-electron chi connectivity index (χ4n) is 2.10. The van der Waals surface area contributed by atoms with E-state index in [1.807, 2.05) is 18.3 Å². The van der Waals surface area contributed by atoms with E-state index in [4.69, 9.17) is 10.7 Å². The highest BCUT2D eigenvalue weighted by molar-refractivity contribution is 5.04. The third-order valence-corrected chi connectivity index (χ3v) is 2.88. The molecule has 0 spiro atoms. The van der Waals surface area contributed by atoms with E-state index < -0.39 is 0 Å². The smallest absolute Gasteiger partial charge is 0.0834 e. The predicted molar refractivity (Wildman–Crippen MR) is 57.8 cm³/mol. The molecule has 2 rings (SSSR count). The van der Waals surface area contributed by atoms with Crippen molar-refractivity contribution in [3.05, 3.63) is 30.1 Å². The van der Waals surface area contributed by atoms with E-state index in [2.05, 4.69) is 16.0 Å². The van der Waals surface area contributed by atoms with Gasteiger partial charge in [-0.1, -0.05) is 6.07 Å². The van der Waals surface area contributed by atoms with Crippen molar-refractivity contribution in [2.45, 2.75) is 25.4 Å². The number of aromatic nitrogens is 1. The molecule has 0 amide bonds. The lowest BCUT2D eigenvalue weighted by Gasteiger charge is -2.22. The summed E-state index contributed by atoms with van der Waals surface area (Å²) in [6.07, 6.45) is 4.23. The van der Waals surface area contributed by atoms with Crippen LogP contribution in [0.3, 0.4) is 0 Å². The van der Waals surface area contributed by atoms with Gasteiger partial charge in [-0.25, -0.2) is 5.90 Å². The van der Waals surface area contributed by atoms with Crippen LogP contribution in [0.15, 0.2) is 24.4 Å². The van der Waals surface area contributed by atoms with Crippen LogP contribution in [-0.4, -0.2) is 29.1 Å². The molecule has 82 valence electrons. The van der Waals surface area contributed by atoms with Crippen LogP contribution in [0.2, 0.25) is 0 Å². The first kappa shape index (κ1) is 10.5. The van der Waals surface area contributed by atoms with Gasteiger partial charge in [-0.3, -0.25) is 9.88 Å². The molecule has 0 bridgehead atoms. The van der Waals surface area contributed by atoms with Gasteiger partial charge in [0.2, 0.25) is 0 Å². The number of nitrogens with two attached hydrogens (primary N) is 1. The first-order chi connectivity index (χ1) is 7.40. The third kappa shape index (κ3) is 2.75. The van der Waals surface area contributed by atoms with Crippen molar-refractivity contribution in [3.63, 3.8) is 0 Å². The number of rotatable bonds is 4. The Balaban J connectivity index is 1.93. The molecule has 1 fully saturated rings. The minimum Gasteiger partial charge on any atom is -0.303 e. The average molecular weight is 207 g/mol. The van der Waals surface area contributed by atoms with Gasteiger partial charge >= 0.3 is 0 Å². The molecule has 4 heteroatoms. The fraction of sp³-hybridized carbons (Fsp3) is 0.545. The van der Waals surface area contributed by atoms with E-state index in [0.717, 1.165) is 18.8 Å². The summed E-state index contributed by atoms with van der Waals surface area (Å²) in [5, 5.41) is 0. The Kier molecular flexibility index (Phi) is 3.66. The van der Waals surface area contributed by atoms with Gasteiger partial charge in [-0.15, -0.1) is 0 Å². The van der Waals surface area contributed by atoms with Gasteiger partial charge in [0.1, 0.15) is 0 Å². The molecule has 1 saturated heterocycles.